The molecule has 0 spiro atoms. The van der Waals surface area contributed by atoms with Crippen LogP contribution in [0.4, 0.5) is 4.39 Å². The highest BCUT2D eigenvalue weighted by Gasteiger charge is 2.69. The number of Topliss-reactive ketones (excluding diaryl/α,β-unsaturated/α-hetero) is 2. The molecular weight excluding hydrogens is 623 g/mol. The Morgan fingerprint density at radius 2 is 1.74 bits per heavy atom. The van der Waals surface area contributed by atoms with E-state index in [2.05, 4.69) is 22.1 Å². The summed E-state index contributed by atoms with van der Waals surface area (Å²) in [4.78, 5) is 60.5. The molecule has 3 fully saturated rings. The van der Waals surface area contributed by atoms with Crippen molar-refractivity contribution in [1.29, 1.82) is 0 Å². The summed E-state index contributed by atoms with van der Waals surface area (Å²) in [5.41, 5.74) is -5.69. The van der Waals surface area contributed by atoms with Crippen LogP contribution in [0.2, 0.25) is 0 Å². The van der Waals surface area contributed by atoms with Crippen molar-refractivity contribution in [1.82, 2.24) is 10.3 Å². The van der Waals surface area contributed by atoms with Gasteiger partial charge in [0.2, 0.25) is 0 Å². The van der Waals surface area contributed by atoms with E-state index in [4.69, 9.17) is 14.2 Å². The normalized spacial score (nSPS) is 37.7. The number of aromatic nitrogens is 1. The number of hydrogen-bond donors (Lipinski definition) is 1. The molecule has 5 heterocycles. The van der Waals surface area contributed by atoms with E-state index in [-0.39, 0.29) is 38.2 Å². The second-order valence-electron chi connectivity index (χ2n) is 14.0. The lowest BCUT2D eigenvalue weighted by molar-refractivity contribution is -0.192. The molecule has 2 aromatic heterocycles. The molecule has 0 amide bonds. The van der Waals surface area contributed by atoms with E-state index < -0.39 is 69.9 Å². The van der Waals surface area contributed by atoms with Crippen LogP contribution >= 0.6 is 11.3 Å². The molecule has 0 radical (unpaired) electrons. The Bertz CT molecular complexity index is 1620. The SMILES string of the molecule is CC[C@@H]1OC(=O)[C@](C)(F)C(=O)[C@H](C)C[C@](C)(OCC#Cc2ccc(-c3ccccn3)s2)C[C@@H](C)C(=O)[C@]2(C)CN[C@H]3C(=O)O[C@@]1(C)C32. The van der Waals surface area contributed by atoms with Gasteiger partial charge in [0.25, 0.3) is 5.67 Å². The third-order valence-corrected chi connectivity index (χ3v) is 11.2. The first-order valence-electron chi connectivity index (χ1n) is 16.1. The molecule has 9 nitrogen and oxygen atoms in total. The first-order chi connectivity index (χ1) is 22.1. The summed E-state index contributed by atoms with van der Waals surface area (Å²) < 4.78 is 34.0. The van der Waals surface area contributed by atoms with Crippen molar-refractivity contribution in [2.75, 3.05) is 13.2 Å². The van der Waals surface area contributed by atoms with E-state index in [1.807, 2.05) is 37.3 Å². The number of carbonyl (C=O) groups is 4. The lowest BCUT2D eigenvalue weighted by atomic mass is 9.62. The maximum Gasteiger partial charge on any atom is 0.351 e. The molecule has 0 saturated carbocycles. The number of rotatable bonds is 4. The summed E-state index contributed by atoms with van der Waals surface area (Å²) in [5, 5.41) is 3.17. The van der Waals surface area contributed by atoms with Gasteiger partial charge in [0.15, 0.2) is 11.4 Å². The molecule has 47 heavy (non-hydrogen) atoms. The molecule has 3 saturated heterocycles. The van der Waals surface area contributed by atoms with Crippen LogP contribution in [0, 0.1) is 35.0 Å². The molecule has 3 aliphatic rings. The second kappa shape index (κ2) is 12.9. The van der Waals surface area contributed by atoms with Gasteiger partial charge < -0.3 is 19.5 Å². The molecule has 0 bridgehead atoms. The van der Waals surface area contributed by atoms with Crippen LogP contribution in [0.5, 0.6) is 0 Å². The van der Waals surface area contributed by atoms with Gasteiger partial charge >= 0.3 is 11.9 Å². The van der Waals surface area contributed by atoms with Crippen LogP contribution < -0.4 is 5.32 Å². The highest BCUT2D eigenvalue weighted by molar-refractivity contribution is 7.16. The summed E-state index contributed by atoms with van der Waals surface area (Å²) >= 11 is 1.50. The highest BCUT2D eigenvalue weighted by Crippen LogP contribution is 2.53. The van der Waals surface area contributed by atoms with Gasteiger partial charge in [-0.2, -0.15) is 0 Å². The number of nitrogens with one attached hydrogen (secondary N) is 1. The van der Waals surface area contributed by atoms with Gasteiger partial charge in [-0.3, -0.25) is 19.4 Å². The van der Waals surface area contributed by atoms with Crippen molar-refractivity contribution in [2.24, 2.45) is 23.2 Å². The third kappa shape index (κ3) is 6.40. The molecule has 252 valence electrons. The monoisotopic (exact) mass is 666 g/mol. The number of pyridine rings is 1. The lowest BCUT2D eigenvalue weighted by Gasteiger charge is -2.44. The van der Waals surface area contributed by atoms with E-state index >= 15 is 4.39 Å². The standard InChI is InChI=1S/C36H43FN2O7S/c1-8-26-36(7)28-27(31(42)46-36)39-20-34(28,5)29(40)21(2)18-33(4,19-22(3)30(41)35(6,37)32(43)45-26)44-17-11-12-23-14-15-25(47-23)24-13-9-10-16-38-24/h9-10,13-16,21-22,26-28,39H,8,17-20H2,1-7H3/t21-,22-,26+,27-,28?,33-,34-,35-,36-/m1/s1. The zero-order valence-electron chi connectivity index (χ0n) is 28.0. The number of nitrogens with zero attached hydrogens (tertiary/aromatic N) is 1. The molecule has 11 heteroatoms. The quantitative estimate of drug-likeness (QED) is 0.270. The summed E-state index contributed by atoms with van der Waals surface area (Å²) in [6, 6.07) is 8.77. The van der Waals surface area contributed by atoms with Crippen molar-refractivity contribution in [2.45, 2.75) is 96.7 Å². The van der Waals surface area contributed by atoms with Gasteiger partial charge in [0, 0.05) is 35.9 Å². The summed E-state index contributed by atoms with van der Waals surface area (Å²) in [7, 11) is 0. The van der Waals surface area contributed by atoms with Gasteiger partial charge in [-0.25, -0.2) is 9.18 Å². The van der Waals surface area contributed by atoms with Crippen LogP contribution in [0.3, 0.4) is 0 Å². The number of ether oxygens (including phenoxy) is 3. The topological polar surface area (TPSA) is 121 Å². The average molecular weight is 667 g/mol. The van der Waals surface area contributed by atoms with E-state index in [0.717, 1.165) is 22.4 Å². The van der Waals surface area contributed by atoms with E-state index in [1.165, 1.54) is 11.3 Å². The molecule has 9 atom stereocenters. The minimum Gasteiger partial charge on any atom is -0.455 e. The lowest BCUT2D eigenvalue weighted by Crippen LogP contribution is -2.57. The molecule has 1 unspecified atom stereocenters. The Morgan fingerprint density at radius 3 is 2.40 bits per heavy atom. The first-order valence-corrected chi connectivity index (χ1v) is 17.0. The molecule has 3 aliphatic heterocycles. The number of cyclic esters (lactones) is 1. The van der Waals surface area contributed by atoms with Gasteiger partial charge in [-0.05, 0) is 64.3 Å². The van der Waals surface area contributed by atoms with Crippen molar-refractivity contribution in [3.63, 3.8) is 0 Å². The maximum atomic E-state index is 16.1. The molecule has 1 N–H and O–H groups in total. The van der Waals surface area contributed by atoms with Crippen LogP contribution in [-0.4, -0.2) is 70.7 Å². The van der Waals surface area contributed by atoms with E-state index in [0.29, 0.717) is 0 Å². The number of carbonyl (C=O) groups excluding carboxylic acids is 4. The predicted molar refractivity (Wildman–Crippen MR) is 174 cm³/mol. The zero-order valence-corrected chi connectivity index (χ0v) is 28.8. The average Bonchev–Trinajstić information content (AvgIpc) is 3.73. The van der Waals surface area contributed by atoms with Crippen molar-refractivity contribution >= 4 is 34.8 Å². The Kier molecular flexibility index (Phi) is 9.54. The summed E-state index contributed by atoms with van der Waals surface area (Å²) in [6.45, 7) is 11.4. The third-order valence-electron chi connectivity index (χ3n) is 10.2. The summed E-state index contributed by atoms with van der Waals surface area (Å²) in [5.74, 6) is 0.974. The highest BCUT2D eigenvalue weighted by atomic mass is 32.1. The molecule has 2 aromatic rings. The summed E-state index contributed by atoms with van der Waals surface area (Å²) in [6.07, 6.45) is 1.08. The van der Waals surface area contributed by atoms with Crippen molar-refractivity contribution in [3.8, 4) is 22.4 Å². The minimum absolute atomic E-state index is 0.00775. The van der Waals surface area contributed by atoms with Crippen LogP contribution in [0.1, 0.15) is 72.6 Å². The number of ketones is 2. The Balaban J connectivity index is 1.45. The van der Waals surface area contributed by atoms with Crippen LogP contribution in [-0.2, 0) is 33.4 Å². The fourth-order valence-corrected chi connectivity index (χ4v) is 8.85. The smallest absolute Gasteiger partial charge is 0.351 e. The number of halogens is 1. The molecule has 0 aromatic carbocycles. The van der Waals surface area contributed by atoms with E-state index in [9.17, 15) is 19.2 Å². The maximum absolute atomic E-state index is 16.1. The number of alkyl halides is 1. The van der Waals surface area contributed by atoms with Crippen LogP contribution in [0.25, 0.3) is 10.6 Å². The van der Waals surface area contributed by atoms with Gasteiger partial charge in [0.05, 0.1) is 21.0 Å². The Morgan fingerprint density at radius 1 is 1.04 bits per heavy atom. The van der Waals surface area contributed by atoms with Gasteiger partial charge in [-0.1, -0.05) is 45.6 Å². The first kappa shape index (κ1) is 34.9. The van der Waals surface area contributed by atoms with Crippen molar-refractivity contribution in [3.05, 3.63) is 41.4 Å². The van der Waals surface area contributed by atoms with E-state index in [1.54, 1.807) is 40.8 Å². The zero-order chi connectivity index (χ0) is 34.4. The minimum atomic E-state index is -2.96. The molecular formula is C36H43FN2O7S. The number of thiophene rings is 1. The fourth-order valence-electron chi connectivity index (χ4n) is 7.99. The number of esters is 2. The van der Waals surface area contributed by atoms with Gasteiger partial charge in [0.1, 0.15) is 24.5 Å². The van der Waals surface area contributed by atoms with Crippen molar-refractivity contribution < 1.29 is 37.8 Å². The fraction of sp³-hybridized carbons (Fsp3) is 0.583. The predicted octanol–water partition coefficient (Wildman–Crippen LogP) is 5.10. The molecule has 0 aliphatic carbocycles. The Hall–Kier alpha value is -3.46. The largest absolute Gasteiger partial charge is 0.455 e. The molecule has 5 rings (SSSR count). The number of hydrogen-bond acceptors (Lipinski definition) is 10. The Labute approximate surface area is 279 Å². The van der Waals surface area contributed by atoms with Gasteiger partial charge in [-0.15, -0.1) is 11.3 Å². The second-order valence-corrected chi connectivity index (χ2v) is 15.1. The van der Waals surface area contributed by atoms with Crippen LogP contribution in [0.15, 0.2) is 36.5 Å².